The van der Waals surface area contributed by atoms with Gasteiger partial charge in [-0.2, -0.15) is 0 Å². The zero-order valence-corrected chi connectivity index (χ0v) is 17.1. The van der Waals surface area contributed by atoms with Crippen molar-refractivity contribution in [3.63, 3.8) is 0 Å². The molecule has 1 atom stereocenters. The molecule has 152 valence electrons. The first-order chi connectivity index (χ1) is 14.2. The molecule has 3 heterocycles. The lowest BCUT2D eigenvalue weighted by Gasteiger charge is -2.40. The lowest BCUT2D eigenvalue weighted by Crippen LogP contribution is -2.44. The number of nitrogens with zero attached hydrogens (tertiary/aromatic N) is 3. The third kappa shape index (κ3) is 4.85. The second kappa shape index (κ2) is 8.78. The molecule has 2 fully saturated rings. The molecule has 0 bridgehead atoms. The molecule has 0 saturated carbocycles. The van der Waals surface area contributed by atoms with Gasteiger partial charge in [0.05, 0.1) is 7.11 Å². The summed E-state index contributed by atoms with van der Waals surface area (Å²) in [7, 11) is 1.71. The number of amides is 1. The second-order valence-electron chi connectivity index (χ2n) is 8.29. The first kappa shape index (κ1) is 19.6. The Balaban J connectivity index is 1.36. The molecule has 4 rings (SSSR count). The quantitative estimate of drug-likeness (QED) is 0.731. The van der Waals surface area contributed by atoms with E-state index < -0.39 is 0 Å². The second-order valence-corrected chi connectivity index (χ2v) is 8.29. The highest BCUT2D eigenvalue weighted by molar-refractivity contribution is 5.92. The molecule has 1 aromatic carbocycles. The number of carbonyl (C=O) groups excluding carboxylic acids is 1. The van der Waals surface area contributed by atoms with E-state index in [9.17, 15) is 4.79 Å². The molecule has 0 aliphatic carbocycles. The van der Waals surface area contributed by atoms with Crippen molar-refractivity contribution in [3.8, 4) is 5.75 Å². The van der Waals surface area contributed by atoms with Crippen LogP contribution in [0.4, 0.5) is 0 Å². The average molecular weight is 392 g/mol. The van der Waals surface area contributed by atoms with Crippen LogP contribution in [0.15, 0.2) is 54.9 Å². The van der Waals surface area contributed by atoms with E-state index in [0.29, 0.717) is 0 Å². The van der Waals surface area contributed by atoms with E-state index in [1.54, 1.807) is 25.6 Å². The standard InChI is InChI=1S/C24H29N3O2/c1-29-22-5-2-4-21(16-22)17-26-14-3-10-24(18-26)11-15-27(19-24)23(28)7-6-20-8-12-25-13-9-20/h2,4-9,12-13,16H,3,10-11,14-15,17-19H2,1H3. The zero-order chi connectivity index (χ0) is 20.1. The van der Waals surface area contributed by atoms with Crippen LogP contribution >= 0.6 is 0 Å². The third-order valence-corrected chi connectivity index (χ3v) is 6.16. The number of pyridine rings is 1. The summed E-state index contributed by atoms with van der Waals surface area (Å²) in [6.45, 7) is 4.83. The van der Waals surface area contributed by atoms with Gasteiger partial charge in [-0.1, -0.05) is 12.1 Å². The molecule has 2 aliphatic heterocycles. The monoisotopic (exact) mass is 391 g/mol. The maximum Gasteiger partial charge on any atom is 0.246 e. The van der Waals surface area contributed by atoms with Gasteiger partial charge < -0.3 is 9.64 Å². The van der Waals surface area contributed by atoms with Crippen molar-refractivity contribution in [2.24, 2.45) is 5.41 Å². The summed E-state index contributed by atoms with van der Waals surface area (Å²) in [5, 5.41) is 0. The highest BCUT2D eigenvalue weighted by Crippen LogP contribution is 2.39. The Morgan fingerprint density at radius 1 is 1.17 bits per heavy atom. The summed E-state index contributed by atoms with van der Waals surface area (Å²) in [5.41, 5.74) is 2.52. The van der Waals surface area contributed by atoms with Gasteiger partial charge in [-0.25, -0.2) is 0 Å². The predicted octanol–water partition coefficient (Wildman–Crippen LogP) is 3.62. The fraction of sp³-hybridized carbons (Fsp3) is 0.417. The molecule has 5 nitrogen and oxygen atoms in total. The van der Waals surface area contributed by atoms with Gasteiger partial charge in [0.15, 0.2) is 0 Å². The van der Waals surface area contributed by atoms with E-state index in [4.69, 9.17) is 4.74 Å². The minimum absolute atomic E-state index is 0.114. The molecule has 29 heavy (non-hydrogen) atoms. The fourth-order valence-corrected chi connectivity index (χ4v) is 4.68. The summed E-state index contributed by atoms with van der Waals surface area (Å²) < 4.78 is 5.36. The number of aromatic nitrogens is 1. The van der Waals surface area contributed by atoms with Crippen molar-refractivity contribution in [3.05, 3.63) is 66.0 Å². The molecule has 1 unspecified atom stereocenters. The summed E-state index contributed by atoms with van der Waals surface area (Å²) in [5.74, 6) is 1.02. The van der Waals surface area contributed by atoms with E-state index in [1.165, 1.54) is 18.4 Å². The normalized spacial score (nSPS) is 22.4. The van der Waals surface area contributed by atoms with Crippen molar-refractivity contribution in [2.45, 2.75) is 25.8 Å². The van der Waals surface area contributed by atoms with Crippen LogP contribution in [0.5, 0.6) is 5.75 Å². The molecule has 2 aromatic rings. The van der Waals surface area contributed by atoms with Gasteiger partial charge in [-0.15, -0.1) is 0 Å². The number of methoxy groups -OCH3 is 1. The number of piperidine rings is 1. The first-order valence-electron chi connectivity index (χ1n) is 10.4. The van der Waals surface area contributed by atoms with E-state index >= 15 is 0 Å². The van der Waals surface area contributed by atoms with Crippen molar-refractivity contribution in [1.82, 2.24) is 14.8 Å². The van der Waals surface area contributed by atoms with E-state index in [1.807, 2.05) is 29.2 Å². The summed E-state index contributed by atoms with van der Waals surface area (Å²) in [4.78, 5) is 21.3. The Kier molecular flexibility index (Phi) is 5.95. The Bertz CT molecular complexity index is 867. The van der Waals surface area contributed by atoms with Gasteiger partial charge >= 0.3 is 0 Å². The number of rotatable bonds is 5. The van der Waals surface area contributed by atoms with Crippen molar-refractivity contribution in [2.75, 3.05) is 33.3 Å². The van der Waals surface area contributed by atoms with Crippen LogP contribution in [0.3, 0.4) is 0 Å². The minimum atomic E-state index is 0.114. The van der Waals surface area contributed by atoms with Gasteiger partial charge in [-0.05, 0) is 67.3 Å². The van der Waals surface area contributed by atoms with Crippen molar-refractivity contribution >= 4 is 12.0 Å². The molecule has 1 amide bonds. The van der Waals surface area contributed by atoms with Gasteiger partial charge in [0, 0.05) is 50.1 Å². The largest absolute Gasteiger partial charge is 0.497 e. The molecular weight excluding hydrogens is 362 g/mol. The van der Waals surface area contributed by atoms with Crippen LogP contribution in [-0.2, 0) is 11.3 Å². The van der Waals surface area contributed by atoms with Gasteiger partial charge in [0.2, 0.25) is 5.91 Å². The maximum absolute atomic E-state index is 12.7. The van der Waals surface area contributed by atoms with E-state index in [-0.39, 0.29) is 11.3 Å². The summed E-state index contributed by atoms with van der Waals surface area (Å²) in [6.07, 6.45) is 10.6. The van der Waals surface area contributed by atoms with Crippen LogP contribution in [-0.4, -0.2) is 54.0 Å². The highest BCUT2D eigenvalue weighted by atomic mass is 16.5. The predicted molar refractivity (Wildman–Crippen MR) is 114 cm³/mol. The Morgan fingerprint density at radius 2 is 2.03 bits per heavy atom. The van der Waals surface area contributed by atoms with Crippen molar-refractivity contribution < 1.29 is 9.53 Å². The van der Waals surface area contributed by atoms with Crippen LogP contribution in [0.2, 0.25) is 0 Å². The Hall–Kier alpha value is -2.66. The highest BCUT2D eigenvalue weighted by Gasteiger charge is 2.42. The number of likely N-dealkylation sites (tertiary alicyclic amines) is 2. The minimum Gasteiger partial charge on any atom is -0.497 e. The lowest BCUT2D eigenvalue weighted by atomic mass is 9.79. The molecule has 1 aromatic heterocycles. The van der Waals surface area contributed by atoms with Crippen LogP contribution in [0.25, 0.3) is 6.08 Å². The lowest BCUT2D eigenvalue weighted by molar-refractivity contribution is -0.125. The molecule has 0 N–H and O–H groups in total. The Labute approximate surface area is 173 Å². The van der Waals surface area contributed by atoms with Crippen molar-refractivity contribution in [1.29, 1.82) is 0 Å². The molecule has 0 radical (unpaired) electrons. The summed E-state index contributed by atoms with van der Waals surface area (Å²) in [6, 6.07) is 12.1. The van der Waals surface area contributed by atoms with Gasteiger partial charge in [0.1, 0.15) is 5.75 Å². The van der Waals surface area contributed by atoms with Crippen LogP contribution in [0.1, 0.15) is 30.4 Å². The number of benzene rings is 1. The molecular formula is C24H29N3O2. The number of hydrogen-bond donors (Lipinski definition) is 0. The van der Waals surface area contributed by atoms with Crippen LogP contribution < -0.4 is 4.74 Å². The van der Waals surface area contributed by atoms with E-state index in [0.717, 1.165) is 50.5 Å². The molecule has 2 aliphatic rings. The molecule has 2 saturated heterocycles. The number of carbonyl (C=O) groups is 1. The van der Waals surface area contributed by atoms with E-state index in [2.05, 4.69) is 28.1 Å². The van der Waals surface area contributed by atoms with Gasteiger partial charge in [0.25, 0.3) is 0 Å². The first-order valence-corrected chi connectivity index (χ1v) is 10.4. The number of ether oxygens (including phenoxy) is 1. The SMILES string of the molecule is COc1cccc(CN2CCCC3(CCN(C(=O)C=Cc4ccncc4)C3)C2)c1. The van der Waals surface area contributed by atoms with Crippen LogP contribution in [0, 0.1) is 5.41 Å². The fourth-order valence-electron chi connectivity index (χ4n) is 4.68. The summed E-state index contributed by atoms with van der Waals surface area (Å²) >= 11 is 0. The maximum atomic E-state index is 12.7. The molecule has 5 heteroatoms. The topological polar surface area (TPSA) is 45.7 Å². The third-order valence-electron chi connectivity index (χ3n) is 6.16. The molecule has 1 spiro atoms. The van der Waals surface area contributed by atoms with Gasteiger partial charge in [-0.3, -0.25) is 14.7 Å². The zero-order valence-electron chi connectivity index (χ0n) is 17.1. The average Bonchev–Trinajstić information content (AvgIpc) is 3.16. The smallest absolute Gasteiger partial charge is 0.246 e. The Morgan fingerprint density at radius 3 is 2.86 bits per heavy atom. The number of hydrogen-bond acceptors (Lipinski definition) is 4.